The first-order valence-corrected chi connectivity index (χ1v) is 10.0. The van der Waals surface area contributed by atoms with E-state index in [1.54, 1.807) is 12.1 Å². The molecule has 4 aromatic rings. The van der Waals surface area contributed by atoms with E-state index >= 15 is 0 Å². The molecule has 0 saturated heterocycles. The Morgan fingerprint density at radius 3 is 2.33 bits per heavy atom. The van der Waals surface area contributed by atoms with Crippen LogP contribution in [0.5, 0.6) is 0 Å². The Morgan fingerprint density at radius 2 is 1.60 bits per heavy atom. The van der Waals surface area contributed by atoms with E-state index in [0.29, 0.717) is 5.02 Å². The van der Waals surface area contributed by atoms with Crippen LogP contribution in [-0.2, 0) is 0 Å². The number of hydrogen-bond donors (Lipinski definition) is 1. The lowest BCUT2D eigenvalue weighted by atomic mass is 9.97. The summed E-state index contributed by atoms with van der Waals surface area (Å²) in [5.41, 5.74) is 8.90. The Balaban J connectivity index is 1.51. The maximum atomic E-state index is 13.5. The zero-order chi connectivity index (χ0) is 20.5. The number of nitrogens with one attached hydrogen (secondary N) is 1. The van der Waals surface area contributed by atoms with Gasteiger partial charge in [-0.3, -0.25) is 0 Å². The highest BCUT2D eigenvalue weighted by molar-refractivity contribution is 6.30. The van der Waals surface area contributed by atoms with Crippen molar-refractivity contribution in [3.05, 3.63) is 107 Å². The number of hydrogen-bond acceptors (Lipinski definition) is 3. The molecule has 1 aromatic heterocycles. The molecule has 148 valence electrons. The number of para-hydroxylation sites is 1. The molecule has 3 aromatic carbocycles. The van der Waals surface area contributed by atoms with Crippen LogP contribution < -0.4 is 5.43 Å². The van der Waals surface area contributed by atoms with Crippen molar-refractivity contribution in [2.75, 3.05) is 0 Å². The van der Waals surface area contributed by atoms with Gasteiger partial charge in [0.15, 0.2) is 0 Å². The summed E-state index contributed by atoms with van der Waals surface area (Å²) in [6.07, 6.45) is 2.74. The maximum Gasteiger partial charge on any atom is 0.123 e. The maximum absolute atomic E-state index is 13.5. The van der Waals surface area contributed by atoms with E-state index in [-0.39, 0.29) is 11.9 Å². The molecule has 0 spiro atoms. The van der Waals surface area contributed by atoms with Gasteiger partial charge in [-0.25, -0.2) is 9.07 Å². The van der Waals surface area contributed by atoms with E-state index in [4.69, 9.17) is 16.7 Å². The first kappa shape index (κ1) is 18.6. The van der Waals surface area contributed by atoms with Gasteiger partial charge in [0.05, 0.1) is 23.1 Å². The van der Waals surface area contributed by atoms with Crippen LogP contribution in [0.15, 0.2) is 90.2 Å². The Hall–Kier alpha value is -3.44. The molecule has 0 fully saturated rings. The van der Waals surface area contributed by atoms with Crippen LogP contribution >= 0.6 is 11.6 Å². The molecular formula is C24H18ClFN4. The Morgan fingerprint density at radius 1 is 0.900 bits per heavy atom. The Labute approximate surface area is 178 Å². The van der Waals surface area contributed by atoms with Crippen molar-refractivity contribution >= 4 is 17.3 Å². The summed E-state index contributed by atoms with van der Waals surface area (Å²) in [7, 11) is 0. The van der Waals surface area contributed by atoms with Crippen molar-refractivity contribution in [2.24, 2.45) is 5.10 Å². The number of hydrazone groups is 1. The molecule has 0 amide bonds. The first-order valence-electron chi connectivity index (χ1n) is 9.66. The predicted molar refractivity (Wildman–Crippen MR) is 117 cm³/mol. The van der Waals surface area contributed by atoms with E-state index in [2.05, 4.69) is 10.5 Å². The van der Waals surface area contributed by atoms with Gasteiger partial charge in [-0.1, -0.05) is 41.9 Å². The third-order valence-corrected chi connectivity index (χ3v) is 5.44. The molecule has 1 aliphatic heterocycles. The fourth-order valence-electron chi connectivity index (χ4n) is 3.63. The molecule has 30 heavy (non-hydrogen) atoms. The Bertz CT molecular complexity index is 1200. The number of aromatic nitrogens is 2. The second kappa shape index (κ2) is 7.76. The van der Waals surface area contributed by atoms with Crippen LogP contribution in [-0.4, -0.2) is 15.5 Å². The third-order valence-electron chi connectivity index (χ3n) is 5.19. The zero-order valence-electron chi connectivity index (χ0n) is 16.0. The average molecular weight is 417 g/mol. The van der Waals surface area contributed by atoms with Gasteiger partial charge in [-0.15, -0.1) is 0 Å². The lowest BCUT2D eigenvalue weighted by Crippen LogP contribution is -2.10. The van der Waals surface area contributed by atoms with Gasteiger partial charge in [0, 0.05) is 28.8 Å². The van der Waals surface area contributed by atoms with Crippen molar-refractivity contribution in [1.29, 1.82) is 0 Å². The van der Waals surface area contributed by atoms with E-state index in [0.717, 1.165) is 40.2 Å². The molecule has 2 heterocycles. The zero-order valence-corrected chi connectivity index (χ0v) is 16.7. The monoisotopic (exact) mass is 416 g/mol. The van der Waals surface area contributed by atoms with E-state index in [9.17, 15) is 4.39 Å². The van der Waals surface area contributed by atoms with Crippen LogP contribution in [0.4, 0.5) is 4.39 Å². The summed E-state index contributed by atoms with van der Waals surface area (Å²) in [5.74, 6) is -0.268. The molecule has 0 aliphatic carbocycles. The minimum Gasteiger partial charge on any atom is -0.302 e. The highest BCUT2D eigenvalue weighted by Gasteiger charge is 2.26. The molecule has 4 nitrogen and oxygen atoms in total. The normalized spacial score (nSPS) is 15.7. The Kier molecular flexibility index (Phi) is 4.81. The quantitative estimate of drug-likeness (QED) is 0.459. The molecule has 5 rings (SSSR count). The van der Waals surface area contributed by atoms with Gasteiger partial charge < -0.3 is 5.43 Å². The average Bonchev–Trinajstić information content (AvgIpc) is 3.43. The molecule has 0 unspecified atom stereocenters. The number of benzene rings is 3. The van der Waals surface area contributed by atoms with Crippen LogP contribution in [0.1, 0.15) is 23.6 Å². The van der Waals surface area contributed by atoms with Crippen LogP contribution in [0.2, 0.25) is 5.02 Å². The van der Waals surface area contributed by atoms with E-state index in [1.807, 2.05) is 65.5 Å². The third kappa shape index (κ3) is 3.60. The molecule has 1 aliphatic rings. The predicted octanol–water partition coefficient (Wildman–Crippen LogP) is 5.77. The van der Waals surface area contributed by atoms with Gasteiger partial charge in [-0.2, -0.15) is 10.2 Å². The van der Waals surface area contributed by atoms with Crippen LogP contribution in [0, 0.1) is 5.82 Å². The largest absolute Gasteiger partial charge is 0.302 e. The second-order valence-corrected chi connectivity index (χ2v) is 7.61. The van der Waals surface area contributed by atoms with Crippen LogP contribution in [0.25, 0.3) is 16.9 Å². The van der Waals surface area contributed by atoms with Gasteiger partial charge in [-0.05, 0) is 54.1 Å². The number of nitrogens with zero attached hydrogens (tertiary/aromatic N) is 3. The topological polar surface area (TPSA) is 42.2 Å². The minimum absolute atomic E-state index is 0.0341. The molecular weight excluding hydrogens is 399 g/mol. The lowest BCUT2D eigenvalue weighted by Gasteiger charge is -2.10. The first-order chi connectivity index (χ1) is 14.7. The second-order valence-electron chi connectivity index (χ2n) is 7.17. The van der Waals surface area contributed by atoms with E-state index < -0.39 is 0 Å². The molecule has 0 bridgehead atoms. The molecule has 6 heteroatoms. The number of halogens is 2. The summed E-state index contributed by atoms with van der Waals surface area (Å²) in [5, 5.41) is 10.1. The van der Waals surface area contributed by atoms with Crippen molar-refractivity contribution in [3.8, 4) is 16.9 Å². The SMILES string of the molecule is Fc1ccc(-c2nn(-c3ccccc3)cc2[C@H]2CC(c3ccc(Cl)cc3)=NN2)cc1. The van der Waals surface area contributed by atoms with Gasteiger partial charge in [0.2, 0.25) is 0 Å². The van der Waals surface area contributed by atoms with E-state index in [1.165, 1.54) is 12.1 Å². The van der Waals surface area contributed by atoms with Gasteiger partial charge >= 0.3 is 0 Å². The molecule has 1 N–H and O–H groups in total. The summed E-state index contributed by atoms with van der Waals surface area (Å²) in [6, 6.07) is 24.0. The minimum atomic E-state index is -0.268. The standard InChI is InChI=1S/C24H18ClFN4/c25-18-10-6-16(7-11-18)22-14-23(28-27-22)21-15-30(20-4-2-1-3-5-20)29-24(21)17-8-12-19(26)13-9-17/h1-13,15,23,28H,14H2/t23-/m1/s1. The van der Waals surface area contributed by atoms with Crippen molar-refractivity contribution in [3.63, 3.8) is 0 Å². The summed E-state index contributed by atoms with van der Waals surface area (Å²) >= 11 is 6.01. The van der Waals surface area contributed by atoms with Gasteiger partial charge in [0.1, 0.15) is 5.82 Å². The summed E-state index contributed by atoms with van der Waals surface area (Å²) < 4.78 is 15.3. The summed E-state index contributed by atoms with van der Waals surface area (Å²) in [4.78, 5) is 0. The molecule has 1 atom stereocenters. The summed E-state index contributed by atoms with van der Waals surface area (Å²) in [6.45, 7) is 0. The smallest absolute Gasteiger partial charge is 0.123 e. The highest BCUT2D eigenvalue weighted by atomic mass is 35.5. The van der Waals surface area contributed by atoms with Crippen molar-refractivity contribution in [2.45, 2.75) is 12.5 Å². The molecule has 0 radical (unpaired) electrons. The number of rotatable bonds is 4. The van der Waals surface area contributed by atoms with Crippen LogP contribution in [0.3, 0.4) is 0 Å². The lowest BCUT2D eigenvalue weighted by molar-refractivity contribution is 0.620. The fourth-order valence-corrected chi connectivity index (χ4v) is 3.76. The van der Waals surface area contributed by atoms with Crippen molar-refractivity contribution < 1.29 is 4.39 Å². The van der Waals surface area contributed by atoms with Crippen molar-refractivity contribution in [1.82, 2.24) is 15.2 Å². The van der Waals surface area contributed by atoms with Gasteiger partial charge in [0.25, 0.3) is 0 Å². The highest BCUT2D eigenvalue weighted by Crippen LogP contribution is 2.33. The molecule has 0 saturated carbocycles. The fraction of sp³-hybridized carbons (Fsp3) is 0.0833.